The van der Waals surface area contributed by atoms with Crippen molar-refractivity contribution in [3.05, 3.63) is 30.1 Å². The van der Waals surface area contributed by atoms with Gasteiger partial charge in [0.05, 0.1) is 19.3 Å². The van der Waals surface area contributed by atoms with E-state index in [2.05, 4.69) is 16.0 Å². The largest absolute Gasteiger partial charge is 0.375 e. The van der Waals surface area contributed by atoms with Gasteiger partial charge in [0.25, 0.3) is 0 Å². The van der Waals surface area contributed by atoms with Crippen molar-refractivity contribution in [3.63, 3.8) is 0 Å². The standard InChI is InChI=1S/C14H18FN3O3/c1-9-13(16-6-7-21-9)14(20)17-8-12(19)18-11-4-2-10(15)3-5-11/h2-5,9,13,16H,6-8H2,1H3,(H,17,20)(H,18,19)/t9-,13+/m1/s1. The van der Waals surface area contributed by atoms with E-state index in [1.807, 2.05) is 0 Å². The molecule has 2 atom stereocenters. The van der Waals surface area contributed by atoms with Gasteiger partial charge in [-0.25, -0.2) is 4.39 Å². The zero-order valence-corrected chi connectivity index (χ0v) is 11.7. The molecule has 0 saturated carbocycles. The molecule has 0 aromatic heterocycles. The Morgan fingerprint density at radius 3 is 2.76 bits per heavy atom. The molecule has 1 aliphatic heterocycles. The summed E-state index contributed by atoms with van der Waals surface area (Å²) in [5.41, 5.74) is 0.475. The fourth-order valence-corrected chi connectivity index (χ4v) is 2.04. The lowest BCUT2D eigenvalue weighted by Crippen LogP contribution is -2.56. The number of nitrogens with one attached hydrogen (secondary N) is 3. The van der Waals surface area contributed by atoms with Crippen molar-refractivity contribution < 1.29 is 18.7 Å². The first kappa shape index (κ1) is 15.4. The lowest BCUT2D eigenvalue weighted by molar-refractivity contribution is -0.130. The molecule has 0 unspecified atom stereocenters. The summed E-state index contributed by atoms with van der Waals surface area (Å²) in [6.07, 6.45) is -0.237. The normalized spacial score (nSPS) is 21.6. The van der Waals surface area contributed by atoms with Crippen LogP contribution in [0.3, 0.4) is 0 Å². The molecule has 1 saturated heterocycles. The van der Waals surface area contributed by atoms with Crippen LogP contribution in [-0.4, -0.2) is 43.7 Å². The first-order valence-corrected chi connectivity index (χ1v) is 6.74. The van der Waals surface area contributed by atoms with Crippen molar-refractivity contribution in [3.8, 4) is 0 Å². The topological polar surface area (TPSA) is 79.5 Å². The third-order valence-corrected chi connectivity index (χ3v) is 3.15. The fraction of sp³-hybridized carbons (Fsp3) is 0.429. The summed E-state index contributed by atoms with van der Waals surface area (Å²) in [4.78, 5) is 23.6. The first-order valence-electron chi connectivity index (χ1n) is 6.74. The maximum absolute atomic E-state index is 12.7. The van der Waals surface area contributed by atoms with E-state index < -0.39 is 6.04 Å². The van der Waals surface area contributed by atoms with E-state index in [0.29, 0.717) is 18.8 Å². The molecule has 21 heavy (non-hydrogen) atoms. The van der Waals surface area contributed by atoms with Crippen LogP contribution in [0.1, 0.15) is 6.92 Å². The molecule has 1 aromatic rings. The van der Waals surface area contributed by atoms with Gasteiger partial charge in [0, 0.05) is 12.2 Å². The van der Waals surface area contributed by atoms with Gasteiger partial charge in [-0.2, -0.15) is 0 Å². The number of carbonyl (C=O) groups is 2. The summed E-state index contributed by atoms with van der Waals surface area (Å²) in [6, 6.07) is 4.94. The van der Waals surface area contributed by atoms with Crippen LogP contribution in [-0.2, 0) is 14.3 Å². The van der Waals surface area contributed by atoms with Gasteiger partial charge >= 0.3 is 0 Å². The second-order valence-corrected chi connectivity index (χ2v) is 4.78. The molecule has 114 valence electrons. The van der Waals surface area contributed by atoms with E-state index in [1.165, 1.54) is 24.3 Å². The number of carbonyl (C=O) groups excluding carboxylic acids is 2. The summed E-state index contributed by atoms with van der Waals surface area (Å²) in [5, 5.41) is 8.15. The van der Waals surface area contributed by atoms with Gasteiger partial charge in [0.2, 0.25) is 11.8 Å². The Hall–Kier alpha value is -1.99. The summed E-state index contributed by atoms with van der Waals surface area (Å²) >= 11 is 0. The van der Waals surface area contributed by atoms with Crippen LogP contribution >= 0.6 is 0 Å². The fourth-order valence-electron chi connectivity index (χ4n) is 2.04. The third kappa shape index (κ3) is 4.51. The predicted molar refractivity (Wildman–Crippen MR) is 75.2 cm³/mol. The van der Waals surface area contributed by atoms with Gasteiger partial charge in [-0.3, -0.25) is 9.59 Å². The van der Waals surface area contributed by atoms with Crippen LogP contribution in [0.2, 0.25) is 0 Å². The second-order valence-electron chi connectivity index (χ2n) is 4.78. The number of amides is 2. The van der Waals surface area contributed by atoms with Crippen molar-refractivity contribution in [2.45, 2.75) is 19.1 Å². The molecule has 6 nitrogen and oxygen atoms in total. The maximum Gasteiger partial charge on any atom is 0.243 e. The Labute approximate surface area is 122 Å². The van der Waals surface area contributed by atoms with Crippen molar-refractivity contribution in [1.82, 2.24) is 10.6 Å². The monoisotopic (exact) mass is 295 g/mol. The number of halogens is 1. The Bertz CT molecular complexity index is 507. The molecule has 1 fully saturated rings. The number of anilines is 1. The number of hydrogen-bond acceptors (Lipinski definition) is 4. The number of hydrogen-bond donors (Lipinski definition) is 3. The average Bonchev–Trinajstić information content (AvgIpc) is 2.48. The van der Waals surface area contributed by atoms with Crippen LogP contribution in [0.25, 0.3) is 0 Å². The molecule has 1 heterocycles. The van der Waals surface area contributed by atoms with Gasteiger partial charge in [0.15, 0.2) is 0 Å². The van der Waals surface area contributed by atoms with E-state index in [9.17, 15) is 14.0 Å². The maximum atomic E-state index is 12.7. The van der Waals surface area contributed by atoms with Crippen molar-refractivity contribution in [2.75, 3.05) is 25.0 Å². The number of morpholine rings is 1. The third-order valence-electron chi connectivity index (χ3n) is 3.15. The number of benzene rings is 1. The SMILES string of the molecule is C[C@H]1OCCN[C@@H]1C(=O)NCC(=O)Nc1ccc(F)cc1. The van der Waals surface area contributed by atoms with Crippen molar-refractivity contribution >= 4 is 17.5 Å². The minimum Gasteiger partial charge on any atom is -0.375 e. The molecule has 0 aliphatic carbocycles. The minimum absolute atomic E-state index is 0.152. The predicted octanol–water partition coefficient (Wildman–Crippen LogP) is 0.257. The molecular weight excluding hydrogens is 277 g/mol. The summed E-state index contributed by atoms with van der Waals surface area (Å²) in [7, 11) is 0. The van der Waals surface area contributed by atoms with Crippen LogP contribution in [0, 0.1) is 5.82 Å². The zero-order valence-electron chi connectivity index (χ0n) is 11.7. The number of ether oxygens (including phenoxy) is 1. The highest BCUT2D eigenvalue weighted by molar-refractivity contribution is 5.95. The molecule has 3 N–H and O–H groups in total. The van der Waals surface area contributed by atoms with Gasteiger partial charge in [-0.15, -0.1) is 0 Å². The quantitative estimate of drug-likeness (QED) is 0.744. The van der Waals surface area contributed by atoms with Gasteiger partial charge < -0.3 is 20.7 Å². The lowest BCUT2D eigenvalue weighted by Gasteiger charge is -2.29. The van der Waals surface area contributed by atoms with E-state index in [4.69, 9.17) is 4.74 Å². The number of rotatable bonds is 4. The van der Waals surface area contributed by atoms with E-state index in [1.54, 1.807) is 6.92 Å². The molecule has 7 heteroatoms. The Balaban J connectivity index is 1.78. The van der Waals surface area contributed by atoms with Gasteiger partial charge in [-0.1, -0.05) is 0 Å². The molecule has 2 rings (SSSR count). The highest BCUT2D eigenvalue weighted by Crippen LogP contribution is 2.08. The van der Waals surface area contributed by atoms with Gasteiger partial charge in [-0.05, 0) is 31.2 Å². The van der Waals surface area contributed by atoms with Crippen molar-refractivity contribution in [1.29, 1.82) is 0 Å². The summed E-state index contributed by atoms with van der Waals surface area (Å²) in [6.45, 7) is 2.82. The molecule has 0 radical (unpaired) electrons. The zero-order chi connectivity index (χ0) is 15.2. The lowest BCUT2D eigenvalue weighted by atomic mass is 10.1. The van der Waals surface area contributed by atoms with Crippen LogP contribution < -0.4 is 16.0 Å². The van der Waals surface area contributed by atoms with E-state index in [0.717, 1.165) is 0 Å². The first-order chi connectivity index (χ1) is 10.1. The van der Waals surface area contributed by atoms with Gasteiger partial charge in [0.1, 0.15) is 11.9 Å². The molecular formula is C14H18FN3O3. The highest BCUT2D eigenvalue weighted by Gasteiger charge is 2.28. The Kier molecular flexibility index (Phi) is 5.24. The van der Waals surface area contributed by atoms with E-state index >= 15 is 0 Å². The Morgan fingerprint density at radius 1 is 1.38 bits per heavy atom. The van der Waals surface area contributed by atoms with Crippen LogP contribution in [0.15, 0.2) is 24.3 Å². The Morgan fingerprint density at radius 2 is 2.10 bits per heavy atom. The molecule has 0 spiro atoms. The highest BCUT2D eigenvalue weighted by atomic mass is 19.1. The minimum atomic E-state index is -0.461. The van der Waals surface area contributed by atoms with E-state index in [-0.39, 0.29) is 30.3 Å². The molecule has 0 bridgehead atoms. The smallest absolute Gasteiger partial charge is 0.243 e. The van der Waals surface area contributed by atoms with Crippen molar-refractivity contribution in [2.24, 2.45) is 0 Å². The second kappa shape index (κ2) is 7.14. The molecule has 2 amide bonds. The molecule has 1 aliphatic rings. The average molecular weight is 295 g/mol. The van der Waals surface area contributed by atoms with Crippen LogP contribution in [0.5, 0.6) is 0 Å². The summed E-state index contributed by atoms with van der Waals surface area (Å²) < 4.78 is 18.1. The summed E-state index contributed by atoms with van der Waals surface area (Å²) in [5.74, 6) is -1.03. The van der Waals surface area contributed by atoms with Crippen LogP contribution in [0.4, 0.5) is 10.1 Å². The molecule has 1 aromatic carbocycles.